The second-order valence-electron chi connectivity index (χ2n) is 9.39. The number of hydrogen-bond donors (Lipinski definition) is 2. The largest absolute Gasteiger partial charge is 0.362 e. The fourth-order valence-electron chi connectivity index (χ4n) is 4.74. The minimum atomic E-state index is -0.00509. The van der Waals surface area contributed by atoms with Crippen molar-refractivity contribution in [3.63, 3.8) is 0 Å². The zero-order valence-corrected chi connectivity index (χ0v) is 20.2. The highest BCUT2D eigenvalue weighted by molar-refractivity contribution is 5.95. The van der Waals surface area contributed by atoms with Crippen LogP contribution in [-0.2, 0) is 0 Å². The van der Waals surface area contributed by atoms with Crippen LogP contribution in [0.15, 0.2) is 78.9 Å². The van der Waals surface area contributed by atoms with Crippen molar-refractivity contribution in [1.82, 2.24) is 15.3 Å². The van der Waals surface area contributed by atoms with Crippen LogP contribution in [0.3, 0.4) is 0 Å². The van der Waals surface area contributed by atoms with Gasteiger partial charge in [0.15, 0.2) is 0 Å². The third-order valence-corrected chi connectivity index (χ3v) is 6.66. The lowest BCUT2D eigenvalue weighted by Gasteiger charge is -2.30. The van der Waals surface area contributed by atoms with Crippen LogP contribution in [0, 0.1) is 0 Å². The van der Waals surface area contributed by atoms with E-state index in [-0.39, 0.29) is 11.9 Å². The molecule has 0 saturated heterocycles. The summed E-state index contributed by atoms with van der Waals surface area (Å²) in [6, 6.07) is 26.6. The second kappa shape index (κ2) is 10.1. The SMILES string of the molecule is CN(C)c1nc(N[C@H]2CC[C@@H](NC(=O)c3ccc(-c4ccccc4)cc3)CC2)nc2ccccc12. The number of fused-ring (bicyclic) bond motifs is 1. The Morgan fingerprint density at radius 2 is 1.40 bits per heavy atom. The normalized spacial score (nSPS) is 17.7. The van der Waals surface area contributed by atoms with Crippen LogP contribution in [0.25, 0.3) is 22.0 Å². The van der Waals surface area contributed by atoms with Crippen molar-refractivity contribution in [3.05, 3.63) is 84.4 Å². The highest BCUT2D eigenvalue weighted by Gasteiger charge is 2.24. The van der Waals surface area contributed by atoms with Gasteiger partial charge in [0.05, 0.1) is 5.52 Å². The number of hydrogen-bond acceptors (Lipinski definition) is 5. The van der Waals surface area contributed by atoms with Gasteiger partial charge in [0.25, 0.3) is 5.91 Å². The molecule has 1 amide bonds. The van der Waals surface area contributed by atoms with Gasteiger partial charge in [0, 0.05) is 37.1 Å². The summed E-state index contributed by atoms with van der Waals surface area (Å²) in [6.45, 7) is 0. The molecule has 0 bridgehead atoms. The van der Waals surface area contributed by atoms with Gasteiger partial charge in [-0.25, -0.2) is 4.98 Å². The molecule has 6 heteroatoms. The van der Waals surface area contributed by atoms with Crippen molar-refractivity contribution in [3.8, 4) is 11.1 Å². The van der Waals surface area contributed by atoms with E-state index in [0.29, 0.717) is 17.6 Å². The van der Waals surface area contributed by atoms with Crippen LogP contribution < -0.4 is 15.5 Å². The fourth-order valence-corrected chi connectivity index (χ4v) is 4.74. The topological polar surface area (TPSA) is 70.2 Å². The third-order valence-electron chi connectivity index (χ3n) is 6.66. The number of rotatable bonds is 6. The smallest absolute Gasteiger partial charge is 0.251 e. The lowest BCUT2D eigenvalue weighted by molar-refractivity contribution is 0.0926. The van der Waals surface area contributed by atoms with Gasteiger partial charge in [-0.05, 0) is 61.1 Å². The summed E-state index contributed by atoms with van der Waals surface area (Å²) in [4.78, 5) is 24.3. The van der Waals surface area contributed by atoms with Crippen molar-refractivity contribution in [2.24, 2.45) is 0 Å². The van der Waals surface area contributed by atoms with Crippen LogP contribution in [0.4, 0.5) is 11.8 Å². The minimum absolute atomic E-state index is 0.00509. The number of carbonyl (C=O) groups is 1. The first-order chi connectivity index (χ1) is 17.1. The molecular formula is C29H31N5O. The van der Waals surface area contributed by atoms with Gasteiger partial charge >= 0.3 is 0 Å². The van der Waals surface area contributed by atoms with E-state index in [0.717, 1.165) is 53.5 Å². The summed E-state index contributed by atoms with van der Waals surface area (Å²) in [5.74, 6) is 1.57. The third kappa shape index (κ3) is 5.27. The molecule has 0 radical (unpaired) electrons. The average Bonchev–Trinajstić information content (AvgIpc) is 2.90. The van der Waals surface area contributed by atoms with Gasteiger partial charge in [0.1, 0.15) is 5.82 Å². The Balaban J connectivity index is 1.17. The van der Waals surface area contributed by atoms with Gasteiger partial charge in [-0.3, -0.25) is 4.79 Å². The van der Waals surface area contributed by atoms with Crippen LogP contribution >= 0.6 is 0 Å². The molecule has 178 valence electrons. The Hall–Kier alpha value is -3.93. The molecule has 0 aliphatic heterocycles. The van der Waals surface area contributed by atoms with Gasteiger partial charge in [-0.1, -0.05) is 54.6 Å². The van der Waals surface area contributed by atoms with E-state index in [1.807, 2.05) is 79.7 Å². The van der Waals surface area contributed by atoms with Crippen molar-refractivity contribution >= 4 is 28.6 Å². The Morgan fingerprint density at radius 1 is 0.771 bits per heavy atom. The molecule has 1 heterocycles. The first-order valence-electron chi connectivity index (χ1n) is 12.2. The van der Waals surface area contributed by atoms with E-state index in [1.165, 1.54) is 0 Å². The van der Waals surface area contributed by atoms with Crippen molar-refractivity contribution in [2.75, 3.05) is 24.3 Å². The molecule has 3 aromatic carbocycles. The van der Waals surface area contributed by atoms with Gasteiger partial charge in [0.2, 0.25) is 5.95 Å². The number of anilines is 2. The molecule has 1 aliphatic rings. The predicted molar refractivity (Wildman–Crippen MR) is 143 cm³/mol. The summed E-state index contributed by atoms with van der Waals surface area (Å²) in [5.41, 5.74) is 3.90. The second-order valence-corrected chi connectivity index (χ2v) is 9.39. The van der Waals surface area contributed by atoms with Gasteiger partial charge < -0.3 is 15.5 Å². The Kier molecular flexibility index (Phi) is 6.62. The predicted octanol–water partition coefficient (Wildman–Crippen LogP) is 5.52. The Bertz CT molecular complexity index is 1300. The molecule has 0 unspecified atom stereocenters. The van der Waals surface area contributed by atoms with Crippen LogP contribution in [0.2, 0.25) is 0 Å². The van der Waals surface area contributed by atoms with E-state index in [2.05, 4.69) is 28.8 Å². The molecule has 2 N–H and O–H groups in total. The minimum Gasteiger partial charge on any atom is -0.362 e. The Morgan fingerprint density at radius 3 is 2.11 bits per heavy atom. The summed E-state index contributed by atoms with van der Waals surface area (Å²) < 4.78 is 0. The summed E-state index contributed by atoms with van der Waals surface area (Å²) in [7, 11) is 4.00. The van der Waals surface area contributed by atoms with Crippen LogP contribution in [0.1, 0.15) is 36.0 Å². The van der Waals surface area contributed by atoms with Gasteiger partial charge in [-0.15, -0.1) is 0 Å². The summed E-state index contributed by atoms with van der Waals surface area (Å²) in [6.07, 6.45) is 3.79. The molecular weight excluding hydrogens is 434 g/mol. The van der Waals surface area contributed by atoms with Crippen molar-refractivity contribution in [1.29, 1.82) is 0 Å². The molecule has 0 spiro atoms. The molecule has 35 heavy (non-hydrogen) atoms. The molecule has 4 aromatic rings. The zero-order chi connectivity index (χ0) is 24.2. The summed E-state index contributed by atoms with van der Waals surface area (Å²) >= 11 is 0. The maximum absolute atomic E-state index is 12.8. The quantitative estimate of drug-likeness (QED) is 0.393. The van der Waals surface area contributed by atoms with E-state index in [1.54, 1.807) is 0 Å². The number of nitrogens with one attached hydrogen (secondary N) is 2. The first kappa shape index (κ1) is 22.8. The number of amides is 1. The van der Waals surface area contributed by atoms with E-state index < -0.39 is 0 Å². The lowest BCUT2D eigenvalue weighted by atomic mass is 9.91. The molecule has 1 fully saturated rings. The molecule has 1 aromatic heterocycles. The molecule has 0 atom stereocenters. The Labute approximate surface area is 206 Å². The van der Waals surface area contributed by atoms with E-state index in [9.17, 15) is 4.79 Å². The number of aromatic nitrogens is 2. The van der Waals surface area contributed by atoms with E-state index >= 15 is 0 Å². The van der Waals surface area contributed by atoms with Crippen LogP contribution in [0.5, 0.6) is 0 Å². The number of carbonyl (C=O) groups excluding carboxylic acids is 1. The number of para-hydroxylation sites is 1. The average molecular weight is 466 g/mol. The first-order valence-corrected chi connectivity index (χ1v) is 12.2. The van der Waals surface area contributed by atoms with Crippen molar-refractivity contribution in [2.45, 2.75) is 37.8 Å². The van der Waals surface area contributed by atoms with E-state index in [4.69, 9.17) is 9.97 Å². The molecule has 5 rings (SSSR count). The van der Waals surface area contributed by atoms with Crippen LogP contribution in [-0.4, -0.2) is 42.1 Å². The van der Waals surface area contributed by atoms with Crippen molar-refractivity contribution < 1.29 is 4.79 Å². The lowest BCUT2D eigenvalue weighted by Crippen LogP contribution is -2.40. The molecule has 1 saturated carbocycles. The summed E-state index contributed by atoms with van der Waals surface area (Å²) in [5, 5.41) is 7.80. The molecule has 6 nitrogen and oxygen atoms in total. The number of benzene rings is 3. The monoisotopic (exact) mass is 465 g/mol. The maximum Gasteiger partial charge on any atom is 0.251 e. The molecule has 1 aliphatic carbocycles. The maximum atomic E-state index is 12.8. The number of nitrogens with zero attached hydrogens (tertiary/aromatic N) is 3. The highest BCUT2D eigenvalue weighted by atomic mass is 16.1. The highest BCUT2D eigenvalue weighted by Crippen LogP contribution is 2.26. The fraction of sp³-hybridized carbons (Fsp3) is 0.276. The zero-order valence-electron chi connectivity index (χ0n) is 20.2. The van der Waals surface area contributed by atoms with Gasteiger partial charge in [-0.2, -0.15) is 4.98 Å². The standard InChI is InChI=1S/C29H31N5O/c1-34(2)27-25-10-6-7-11-26(25)32-29(33-27)31-24-18-16-23(17-19-24)30-28(35)22-14-12-21(13-15-22)20-8-4-3-5-9-20/h3-15,23-24H,16-19H2,1-2H3,(H,30,35)(H,31,32,33)/t23-,24+.